The van der Waals surface area contributed by atoms with Crippen LogP contribution in [0, 0.1) is 6.92 Å². The molecule has 1 amide bonds. The number of Topliss-reactive ketones (excluding diaryl/α,β-unsaturated/α-hetero) is 1. The summed E-state index contributed by atoms with van der Waals surface area (Å²) < 4.78 is 12.0. The van der Waals surface area contributed by atoms with E-state index in [0.717, 1.165) is 21.2 Å². The Bertz CT molecular complexity index is 1660. The van der Waals surface area contributed by atoms with Crippen molar-refractivity contribution in [1.29, 1.82) is 0 Å². The number of methoxy groups -OCH3 is 1. The predicted octanol–water partition coefficient (Wildman–Crippen LogP) is 6.14. The lowest BCUT2D eigenvalue weighted by Crippen LogP contribution is -2.30. The summed E-state index contributed by atoms with van der Waals surface area (Å²) in [5.41, 5.74) is 2.92. The summed E-state index contributed by atoms with van der Waals surface area (Å²) in [6.45, 7) is 1.98. The molecule has 8 heteroatoms. The van der Waals surface area contributed by atoms with Crippen LogP contribution in [-0.2, 0) is 4.79 Å². The van der Waals surface area contributed by atoms with Gasteiger partial charge in [0.1, 0.15) is 11.3 Å². The molecule has 0 saturated heterocycles. The summed E-state index contributed by atoms with van der Waals surface area (Å²) in [6.07, 6.45) is 0. The Morgan fingerprint density at radius 2 is 1.86 bits per heavy atom. The molecule has 1 aliphatic rings. The zero-order valence-corrected chi connectivity index (χ0v) is 20.2. The largest absolute Gasteiger partial charge is 0.503 e. The summed E-state index contributed by atoms with van der Waals surface area (Å²) in [7, 11) is 1.56. The van der Waals surface area contributed by atoms with E-state index in [9.17, 15) is 14.7 Å². The second kappa shape index (κ2) is 8.35. The van der Waals surface area contributed by atoms with E-state index in [1.165, 1.54) is 16.2 Å². The van der Waals surface area contributed by atoms with E-state index in [0.29, 0.717) is 22.0 Å². The van der Waals surface area contributed by atoms with Crippen LogP contribution in [0.4, 0.5) is 5.13 Å². The van der Waals surface area contributed by atoms with E-state index >= 15 is 0 Å². The number of ketones is 1. The molecule has 5 aromatic rings. The number of aryl methyl sites for hydroxylation is 1. The number of carbonyl (C=O) groups is 2. The highest BCUT2D eigenvalue weighted by atomic mass is 32.1. The number of para-hydroxylation sites is 1. The molecule has 6 rings (SSSR count). The molecule has 7 nitrogen and oxygen atoms in total. The van der Waals surface area contributed by atoms with Gasteiger partial charge in [0.15, 0.2) is 16.7 Å². The normalized spacial score (nSPS) is 15.9. The molecular formula is C28H20N2O5S. The molecule has 0 radical (unpaired) electrons. The van der Waals surface area contributed by atoms with Gasteiger partial charge in [-0.3, -0.25) is 14.5 Å². The van der Waals surface area contributed by atoms with Crippen molar-refractivity contribution in [2.45, 2.75) is 13.0 Å². The standard InChI is InChI=1S/C28H20N2O5S/c1-15-7-12-19-22(13-15)36-28(29-19)30-24(16-8-10-18(34-2)11-9-16)23(26(32)27(30)33)25(31)21-14-17-5-3-4-6-20(17)35-21/h3-14,24,32H,1-2H3/t24-/m1/s1. The second-order valence-corrected chi connectivity index (χ2v) is 9.57. The van der Waals surface area contributed by atoms with Gasteiger partial charge < -0.3 is 14.3 Å². The van der Waals surface area contributed by atoms with Gasteiger partial charge in [-0.15, -0.1) is 0 Å². The number of fused-ring (bicyclic) bond motifs is 2. The number of aromatic nitrogens is 1. The molecule has 1 N–H and O–H groups in total. The predicted molar refractivity (Wildman–Crippen MR) is 138 cm³/mol. The van der Waals surface area contributed by atoms with Crippen LogP contribution in [0.1, 0.15) is 27.7 Å². The molecule has 178 valence electrons. The number of hydrogen-bond donors (Lipinski definition) is 1. The Morgan fingerprint density at radius 3 is 2.61 bits per heavy atom. The van der Waals surface area contributed by atoms with Gasteiger partial charge in [0.2, 0.25) is 5.78 Å². The van der Waals surface area contributed by atoms with Crippen LogP contribution >= 0.6 is 11.3 Å². The number of amides is 1. The first-order chi connectivity index (χ1) is 17.4. The quantitative estimate of drug-likeness (QED) is 0.294. The van der Waals surface area contributed by atoms with E-state index in [1.54, 1.807) is 43.5 Å². The topological polar surface area (TPSA) is 92.9 Å². The van der Waals surface area contributed by atoms with Crippen molar-refractivity contribution < 1.29 is 23.8 Å². The molecule has 0 spiro atoms. The van der Waals surface area contributed by atoms with Crippen molar-refractivity contribution in [2.75, 3.05) is 12.0 Å². The number of aliphatic hydroxyl groups excluding tert-OH is 1. The van der Waals surface area contributed by atoms with Crippen LogP contribution in [0.3, 0.4) is 0 Å². The van der Waals surface area contributed by atoms with Crippen molar-refractivity contribution in [2.24, 2.45) is 0 Å². The maximum Gasteiger partial charge on any atom is 0.296 e. The number of hydrogen-bond acceptors (Lipinski definition) is 7. The van der Waals surface area contributed by atoms with Gasteiger partial charge in [0.25, 0.3) is 5.91 Å². The van der Waals surface area contributed by atoms with E-state index in [4.69, 9.17) is 9.15 Å². The first-order valence-corrected chi connectivity index (χ1v) is 12.1. The number of aliphatic hydroxyl groups is 1. The lowest BCUT2D eigenvalue weighted by atomic mass is 9.95. The fraction of sp³-hybridized carbons (Fsp3) is 0.107. The average molecular weight is 497 g/mol. The minimum Gasteiger partial charge on any atom is -0.503 e. The molecule has 3 aromatic carbocycles. The summed E-state index contributed by atoms with van der Waals surface area (Å²) in [5, 5.41) is 12.2. The minimum absolute atomic E-state index is 0.0471. The van der Waals surface area contributed by atoms with Crippen molar-refractivity contribution in [3.63, 3.8) is 0 Å². The van der Waals surface area contributed by atoms with Crippen LogP contribution in [0.15, 0.2) is 88.5 Å². The number of thiazole rings is 1. The Kier molecular flexibility index (Phi) is 5.12. The van der Waals surface area contributed by atoms with Crippen molar-refractivity contribution in [3.05, 3.63) is 101 Å². The number of ether oxygens (including phenoxy) is 1. The molecule has 1 atom stereocenters. The van der Waals surface area contributed by atoms with Gasteiger partial charge in [-0.25, -0.2) is 4.98 Å². The molecular weight excluding hydrogens is 476 g/mol. The Labute approximate surface area is 209 Å². The van der Waals surface area contributed by atoms with Gasteiger partial charge in [0.05, 0.1) is 28.9 Å². The maximum absolute atomic E-state index is 13.7. The van der Waals surface area contributed by atoms with Gasteiger partial charge in [-0.1, -0.05) is 47.7 Å². The highest BCUT2D eigenvalue weighted by Gasteiger charge is 2.46. The van der Waals surface area contributed by atoms with Gasteiger partial charge in [-0.2, -0.15) is 0 Å². The lowest BCUT2D eigenvalue weighted by Gasteiger charge is -2.24. The Morgan fingerprint density at radius 1 is 1.08 bits per heavy atom. The zero-order chi connectivity index (χ0) is 25.0. The fourth-order valence-electron chi connectivity index (χ4n) is 4.49. The Balaban J connectivity index is 1.51. The van der Waals surface area contributed by atoms with Crippen LogP contribution in [0.25, 0.3) is 21.2 Å². The summed E-state index contributed by atoms with van der Waals surface area (Å²) in [5.74, 6) is -1.19. The van der Waals surface area contributed by atoms with Gasteiger partial charge in [0, 0.05) is 5.39 Å². The van der Waals surface area contributed by atoms with E-state index < -0.39 is 23.5 Å². The molecule has 36 heavy (non-hydrogen) atoms. The van der Waals surface area contributed by atoms with Crippen LogP contribution in [0.5, 0.6) is 5.75 Å². The second-order valence-electron chi connectivity index (χ2n) is 8.56. The summed E-state index contributed by atoms with van der Waals surface area (Å²) in [6, 6.07) is 20.8. The SMILES string of the molecule is COc1ccc([C@@H]2C(C(=O)c3cc4ccccc4o3)=C(O)C(=O)N2c2nc3ccc(C)cc3s2)cc1. The minimum atomic E-state index is -0.897. The zero-order valence-electron chi connectivity index (χ0n) is 19.4. The van der Waals surface area contributed by atoms with E-state index in [1.807, 2.05) is 43.3 Å². The smallest absolute Gasteiger partial charge is 0.296 e. The molecule has 0 aliphatic carbocycles. The molecule has 0 unspecified atom stereocenters. The van der Waals surface area contributed by atoms with Crippen LogP contribution < -0.4 is 9.64 Å². The number of carbonyl (C=O) groups excluding carboxylic acids is 2. The highest BCUT2D eigenvalue weighted by Crippen LogP contribution is 2.44. The molecule has 0 fully saturated rings. The number of benzene rings is 3. The lowest BCUT2D eigenvalue weighted by molar-refractivity contribution is -0.117. The molecule has 0 saturated carbocycles. The number of nitrogens with zero attached hydrogens (tertiary/aromatic N) is 2. The van der Waals surface area contributed by atoms with E-state index in [-0.39, 0.29) is 11.3 Å². The number of anilines is 1. The van der Waals surface area contributed by atoms with Crippen molar-refractivity contribution >= 4 is 49.3 Å². The highest BCUT2D eigenvalue weighted by molar-refractivity contribution is 7.22. The fourth-order valence-corrected chi connectivity index (χ4v) is 5.58. The van der Waals surface area contributed by atoms with Crippen molar-refractivity contribution in [1.82, 2.24) is 4.98 Å². The molecule has 3 heterocycles. The van der Waals surface area contributed by atoms with E-state index in [2.05, 4.69) is 4.98 Å². The molecule has 0 bridgehead atoms. The molecule has 1 aliphatic heterocycles. The van der Waals surface area contributed by atoms with Crippen molar-refractivity contribution in [3.8, 4) is 5.75 Å². The van der Waals surface area contributed by atoms with Gasteiger partial charge >= 0.3 is 0 Å². The molecule has 2 aromatic heterocycles. The van der Waals surface area contributed by atoms with Crippen LogP contribution in [-0.4, -0.2) is 28.9 Å². The third kappa shape index (κ3) is 3.46. The average Bonchev–Trinajstić information content (AvgIpc) is 3.57. The third-order valence-corrected chi connectivity index (χ3v) is 7.29. The first kappa shape index (κ1) is 22.1. The Hall–Kier alpha value is -4.43. The van der Waals surface area contributed by atoms with Gasteiger partial charge in [-0.05, 0) is 54.4 Å². The monoisotopic (exact) mass is 496 g/mol. The maximum atomic E-state index is 13.7. The summed E-state index contributed by atoms with van der Waals surface area (Å²) >= 11 is 1.33. The number of furan rings is 1. The first-order valence-electron chi connectivity index (χ1n) is 11.3. The van der Waals surface area contributed by atoms with Crippen LogP contribution in [0.2, 0.25) is 0 Å². The third-order valence-electron chi connectivity index (χ3n) is 6.27. The summed E-state index contributed by atoms with van der Waals surface area (Å²) in [4.78, 5) is 33.2. The number of rotatable bonds is 5.